The molecule has 5 nitrogen and oxygen atoms in total. The molecule has 0 radical (unpaired) electrons. The molecule has 8 heteroatoms. The van der Waals surface area contributed by atoms with Gasteiger partial charge in [0.1, 0.15) is 5.01 Å². The quantitative estimate of drug-likeness (QED) is 0.781. The summed E-state index contributed by atoms with van der Waals surface area (Å²) in [6.07, 6.45) is 3.36. The number of aryl methyl sites for hydroxylation is 1. The van der Waals surface area contributed by atoms with Crippen molar-refractivity contribution in [3.63, 3.8) is 0 Å². The fourth-order valence-electron chi connectivity index (χ4n) is 1.83. The van der Waals surface area contributed by atoms with Gasteiger partial charge in [-0.05, 0) is 30.9 Å². The highest BCUT2D eigenvalue weighted by molar-refractivity contribution is 7.98. The predicted octanol–water partition coefficient (Wildman–Crippen LogP) is 2.88. The van der Waals surface area contributed by atoms with Crippen molar-refractivity contribution in [2.24, 2.45) is 5.73 Å². The number of nitrogens with two attached hydrogens (primary N) is 1. The normalized spacial score (nSPS) is 11.6. The number of hydrogen-bond donors (Lipinski definition) is 2. The molecule has 0 aliphatic carbocycles. The largest absolute Gasteiger partial charge is 0.320 e. The van der Waals surface area contributed by atoms with Gasteiger partial charge >= 0.3 is 0 Å². The molecule has 2 aromatic rings. The molecule has 0 saturated carbocycles. The highest BCUT2D eigenvalue weighted by atomic mass is 35.5. The average molecular weight is 373 g/mol. The molecule has 0 bridgehead atoms. The van der Waals surface area contributed by atoms with E-state index in [9.17, 15) is 4.79 Å². The monoisotopic (exact) mass is 372 g/mol. The minimum absolute atomic E-state index is 0. The average Bonchev–Trinajstić information content (AvgIpc) is 2.94. The van der Waals surface area contributed by atoms with Crippen LogP contribution in [0.4, 0.5) is 5.13 Å². The number of aromatic nitrogens is 2. The molecular formula is C15H21ClN4OS2. The van der Waals surface area contributed by atoms with Crippen molar-refractivity contribution in [2.45, 2.75) is 25.8 Å². The predicted molar refractivity (Wildman–Crippen MR) is 101 cm³/mol. The number of anilines is 1. The number of halogens is 1. The van der Waals surface area contributed by atoms with Crippen LogP contribution in [0.2, 0.25) is 0 Å². The first kappa shape index (κ1) is 19.9. The summed E-state index contributed by atoms with van der Waals surface area (Å²) in [6.45, 7) is 2.06. The van der Waals surface area contributed by atoms with Gasteiger partial charge in [0.2, 0.25) is 11.0 Å². The van der Waals surface area contributed by atoms with Crippen LogP contribution in [0.5, 0.6) is 0 Å². The van der Waals surface area contributed by atoms with Gasteiger partial charge in [0.05, 0.1) is 6.04 Å². The maximum absolute atomic E-state index is 11.9. The van der Waals surface area contributed by atoms with Gasteiger partial charge in [0, 0.05) is 6.42 Å². The number of thioether (sulfide) groups is 1. The molecule has 3 N–H and O–H groups in total. The second-order valence-electron chi connectivity index (χ2n) is 5.04. The number of nitrogens with one attached hydrogen (secondary N) is 1. The summed E-state index contributed by atoms with van der Waals surface area (Å²) in [6, 6.07) is 7.80. The van der Waals surface area contributed by atoms with Crippen LogP contribution in [0, 0.1) is 6.92 Å². The fraction of sp³-hybridized carbons (Fsp3) is 0.400. The molecule has 1 atom stereocenters. The van der Waals surface area contributed by atoms with Crippen LogP contribution in [-0.2, 0) is 11.2 Å². The maximum atomic E-state index is 11.9. The molecule has 126 valence electrons. The summed E-state index contributed by atoms with van der Waals surface area (Å²) in [5.74, 6) is 0.663. The zero-order valence-corrected chi connectivity index (χ0v) is 15.6. The van der Waals surface area contributed by atoms with Crippen LogP contribution in [0.15, 0.2) is 24.3 Å². The smallest absolute Gasteiger partial charge is 0.243 e. The van der Waals surface area contributed by atoms with Gasteiger partial charge in [-0.1, -0.05) is 41.2 Å². The van der Waals surface area contributed by atoms with Crippen molar-refractivity contribution >= 4 is 46.5 Å². The van der Waals surface area contributed by atoms with Crippen molar-refractivity contribution in [2.75, 3.05) is 17.3 Å². The Morgan fingerprint density at radius 2 is 2.04 bits per heavy atom. The molecule has 23 heavy (non-hydrogen) atoms. The lowest BCUT2D eigenvalue weighted by Crippen LogP contribution is -2.36. The van der Waals surface area contributed by atoms with Gasteiger partial charge in [-0.2, -0.15) is 11.8 Å². The van der Waals surface area contributed by atoms with Gasteiger partial charge in [-0.25, -0.2) is 0 Å². The first-order valence-electron chi connectivity index (χ1n) is 7.02. The Labute approximate surface area is 150 Å². The summed E-state index contributed by atoms with van der Waals surface area (Å²) in [4.78, 5) is 11.9. The van der Waals surface area contributed by atoms with Crippen molar-refractivity contribution in [1.29, 1.82) is 0 Å². The van der Waals surface area contributed by atoms with E-state index in [1.54, 1.807) is 11.8 Å². The van der Waals surface area contributed by atoms with E-state index in [1.807, 2.05) is 6.26 Å². The van der Waals surface area contributed by atoms with Crippen molar-refractivity contribution in [3.05, 3.63) is 40.4 Å². The lowest BCUT2D eigenvalue weighted by atomic mass is 10.1. The molecule has 0 fully saturated rings. The third-order valence-corrected chi connectivity index (χ3v) is 4.63. The van der Waals surface area contributed by atoms with Crippen LogP contribution in [0.3, 0.4) is 0 Å². The summed E-state index contributed by atoms with van der Waals surface area (Å²) in [7, 11) is 0. The van der Waals surface area contributed by atoms with Gasteiger partial charge in [-0.3, -0.25) is 10.1 Å². The van der Waals surface area contributed by atoms with E-state index >= 15 is 0 Å². The summed E-state index contributed by atoms with van der Waals surface area (Å²) in [5.41, 5.74) is 8.23. The Hall–Kier alpha value is -1.15. The van der Waals surface area contributed by atoms with Crippen LogP contribution in [0.25, 0.3) is 0 Å². The second-order valence-corrected chi connectivity index (χ2v) is 7.09. The molecule has 1 amide bonds. The van der Waals surface area contributed by atoms with E-state index in [0.717, 1.165) is 10.8 Å². The number of amides is 1. The van der Waals surface area contributed by atoms with E-state index in [2.05, 4.69) is 46.7 Å². The standard InChI is InChI=1S/C15H20N4OS2.ClH/c1-10-3-5-11(6-4-10)9-13-18-19-15(22-13)17-14(20)12(16)7-8-21-2;/h3-6,12H,7-9,16H2,1-2H3,(H,17,19,20);1H/t12-;/m0./s1. The van der Waals surface area contributed by atoms with Crippen LogP contribution < -0.4 is 11.1 Å². The van der Waals surface area contributed by atoms with E-state index in [4.69, 9.17) is 5.73 Å². The minimum Gasteiger partial charge on any atom is -0.320 e. The minimum atomic E-state index is -0.503. The van der Waals surface area contributed by atoms with Gasteiger partial charge in [0.25, 0.3) is 0 Å². The molecule has 1 aromatic heterocycles. The number of carbonyl (C=O) groups is 1. The number of benzene rings is 1. The Balaban J connectivity index is 0.00000264. The van der Waals surface area contributed by atoms with Crippen LogP contribution >= 0.6 is 35.5 Å². The Morgan fingerprint density at radius 3 is 2.70 bits per heavy atom. The number of hydrogen-bond acceptors (Lipinski definition) is 6. The molecule has 0 aliphatic heterocycles. The van der Waals surface area contributed by atoms with E-state index in [-0.39, 0.29) is 18.3 Å². The van der Waals surface area contributed by atoms with Crippen LogP contribution in [-0.4, -0.2) is 34.2 Å². The van der Waals surface area contributed by atoms with Crippen molar-refractivity contribution < 1.29 is 4.79 Å². The molecule has 0 spiro atoms. The van der Waals surface area contributed by atoms with E-state index < -0.39 is 6.04 Å². The third kappa shape index (κ3) is 6.47. The molecule has 2 rings (SSSR count). The molecule has 0 saturated heterocycles. The van der Waals surface area contributed by atoms with E-state index in [0.29, 0.717) is 18.0 Å². The summed E-state index contributed by atoms with van der Waals surface area (Å²) < 4.78 is 0. The zero-order chi connectivity index (χ0) is 15.9. The molecular weight excluding hydrogens is 352 g/mol. The van der Waals surface area contributed by atoms with Crippen molar-refractivity contribution in [1.82, 2.24) is 10.2 Å². The first-order valence-corrected chi connectivity index (χ1v) is 9.23. The zero-order valence-electron chi connectivity index (χ0n) is 13.1. The van der Waals surface area contributed by atoms with Gasteiger partial charge < -0.3 is 5.73 Å². The SMILES string of the molecule is CSCC[C@H](N)C(=O)Nc1nnc(Cc2ccc(C)cc2)s1.Cl. The summed E-state index contributed by atoms with van der Waals surface area (Å²) >= 11 is 3.06. The highest BCUT2D eigenvalue weighted by Crippen LogP contribution is 2.19. The number of rotatable bonds is 7. The number of nitrogens with zero attached hydrogens (tertiary/aromatic N) is 2. The molecule has 1 aromatic carbocycles. The fourth-order valence-corrected chi connectivity index (χ4v) is 3.10. The Bertz CT molecular complexity index is 618. The van der Waals surface area contributed by atoms with Gasteiger partial charge in [-0.15, -0.1) is 22.6 Å². The highest BCUT2D eigenvalue weighted by Gasteiger charge is 2.15. The lowest BCUT2D eigenvalue weighted by molar-refractivity contribution is -0.117. The number of carbonyl (C=O) groups excluding carboxylic acids is 1. The lowest BCUT2D eigenvalue weighted by Gasteiger charge is -2.08. The molecule has 0 unspecified atom stereocenters. The topological polar surface area (TPSA) is 80.9 Å². The molecule has 1 heterocycles. The van der Waals surface area contributed by atoms with Gasteiger partial charge in [0.15, 0.2) is 0 Å². The maximum Gasteiger partial charge on any atom is 0.243 e. The van der Waals surface area contributed by atoms with Crippen molar-refractivity contribution in [3.8, 4) is 0 Å². The molecule has 0 aliphatic rings. The second kappa shape index (κ2) is 9.87. The summed E-state index contributed by atoms with van der Waals surface area (Å²) in [5, 5.41) is 12.2. The Morgan fingerprint density at radius 1 is 1.35 bits per heavy atom. The first-order chi connectivity index (χ1) is 10.6. The third-order valence-electron chi connectivity index (χ3n) is 3.14. The van der Waals surface area contributed by atoms with E-state index in [1.165, 1.54) is 22.5 Å². The van der Waals surface area contributed by atoms with Crippen LogP contribution in [0.1, 0.15) is 22.6 Å². The Kier molecular flexibility index (Phi) is 8.54.